The Morgan fingerprint density at radius 2 is 1.23 bits per heavy atom. The zero-order valence-corrected chi connectivity index (χ0v) is 19.2. The van der Waals surface area contributed by atoms with E-state index >= 15 is 0 Å². The van der Waals surface area contributed by atoms with Crippen molar-refractivity contribution in [3.05, 3.63) is 82.2 Å². The van der Waals surface area contributed by atoms with Crippen molar-refractivity contribution in [1.82, 2.24) is 10.2 Å². The van der Waals surface area contributed by atoms with Gasteiger partial charge in [-0.2, -0.15) is 26.3 Å². The highest BCUT2D eigenvalue weighted by atomic mass is 32.1. The first-order valence-electron chi connectivity index (χ1n) is 10.5. The summed E-state index contributed by atoms with van der Waals surface area (Å²) >= 11 is 1.41. The second kappa shape index (κ2) is 8.05. The van der Waals surface area contributed by atoms with Crippen LogP contribution in [0.25, 0.3) is 43.4 Å². The van der Waals surface area contributed by atoms with Crippen LogP contribution in [0.3, 0.4) is 0 Å². The first-order valence-corrected chi connectivity index (χ1v) is 11.4. The molecule has 0 spiro atoms. The fourth-order valence-corrected chi connectivity index (χ4v) is 5.08. The van der Waals surface area contributed by atoms with E-state index in [2.05, 4.69) is 10.2 Å². The van der Waals surface area contributed by atoms with Crippen LogP contribution in [0, 0.1) is 13.8 Å². The first kappa shape index (κ1) is 23.3. The number of thiophene rings is 1. The molecule has 0 saturated carbocycles. The van der Waals surface area contributed by atoms with Gasteiger partial charge < -0.3 is 0 Å². The van der Waals surface area contributed by atoms with Gasteiger partial charge in [0.2, 0.25) is 0 Å². The topological polar surface area (TPSA) is 25.8 Å². The minimum Gasteiger partial charge on any atom is -0.166 e. The Kier molecular flexibility index (Phi) is 5.36. The third-order valence-corrected chi connectivity index (χ3v) is 7.02. The summed E-state index contributed by atoms with van der Waals surface area (Å²) in [5.41, 5.74) is -3.12. The van der Waals surface area contributed by atoms with Crippen LogP contribution < -0.4 is 0 Å². The van der Waals surface area contributed by atoms with E-state index in [1.165, 1.54) is 25.2 Å². The molecule has 178 valence electrons. The predicted molar refractivity (Wildman–Crippen MR) is 125 cm³/mol. The molecule has 0 saturated heterocycles. The van der Waals surface area contributed by atoms with Crippen LogP contribution in [0.4, 0.5) is 26.3 Å². The molecule has 0 aliphatic heterocycles. The minimum absolute atomic E-state index is 0.104. The number of nitrogens with zero attached hydrogens (tertiary/aromatic N) is 2. The Morgan fingerprint density at radius 1 is 0.657 bits per heavy atom. The molecule has 0 aliphatic rings. The van der Waals surface area contributed by atoms with Crippen molar-refractivity contribution < 1.29 is 26.3 Å². The molecule has 5 aromatic rings. The molecule has 0 fully saturated rings. The SMILES string of the molecule is Cc1c(C(F)(F)F)cc(C(F)(F)F)c(-c2nnc(-c3cccs3)c3cc4ccccc4cc23)c1C. The van der Waals surface area contributed by atoms with Crippen molar-refractivity contribution in [3.8, 4) is 21.8 Å². The Balaban J connectivity index is 1.93. The van der Waals surface area contributed by atoms with Gasteiger partial charge in [-0.1, -0.05) is 30.3 Å². The molecule has 0 unspecified atom stereocenters. The van der Waals surface area contributed by atoms with Crippen molar-refractivity contribution in [2.45, 2.75) is 26.2 Å². The summed E-state index contributed by atoms with van der Waals surface area (Å²) in [6.45, 7) is 2.43. The average molecular weight is 502 g/mol. The predicted octanol–water partition coefficient (Wildman–Crippen LogP) is 8.83. The Hall–Kier alpha value is -3.46. The number of benzene rings is 3. The second-order valence-corrected chi connectivity index (χ2v) is 9.16. The number of aromatic nitrogens is 2. The molecule has 0 atom stereocenters. The minimum atomic E-state index is -5.04. The highest BCUT2D eigenvalue weighted by Gasteiger charge is 2.41. The highest BCUT2D eigenvalue weighted by molar-refractivity contribution is 7.13. The van der Waals surface area contributed by atoms with Crippen LogP contribution in [-0.2, 0) is 12.4 Å². The molecule has 5 rings (SSSR count). The molecule has 3 aromatic carbocycles. The molecule has 9 heteroatoms. The van der Waals surface area contributed by atoms with Crippen molar-refractivity contribution in [1.29, 1.82) is 0 Å². The third-order valence-electron chi connectivity index (χ3n) is 6.15. The van der Waals surface area contributed by atoms with Crippen molar-refractivity contribution in [2.75, 3.05) is 0 Å². The zero-order valence-electron chi connectivity index (χ0n) is 18.3. The summed E-state index contributed by atoms with van der Waals surface area (Å²) in [4.78, 5) is 0.778. The number of rotatable bonds is 2. The lowest BCUT2D eigenvalue weighted by molar-refractivity contribution is -0.143. The lowest BCUT2D eigenvalue weighted by atomic mass is 9.88. The van der Waals surface area contributed by atoms with Crippen LogP contribution in [0.5, 0.6) is 0 Å². The van der Waals surface area contributed by atoms with E-state index in [0.29, 0.717) is 16.5 Å². The van der Waals surface area contributed by atoms with E-state index in [0.717, 1.165) is 15.6 Å². The fraction of sp³-hybridized carbons (Fsp3) is 0.154. The van der Waals surface area contributed by atoms with Gasteiger partial charge in [-0.15, -0.1) is 21.5 Å². The van der Waals surface area contributed by atoms with Crippen LogP contribution in [0.15, 0.2) is 60.0 Å². The normalized spacial score (nSPS) is 12.6. The molecule has 0 aliphatic carbocycles. The molecule has 0 bridgehead atoms. The Morgan fingerprint density at radius 3 is 1.77 bits per heavy atom. The monoisotopic (exact) mass is 502 g/mol. The van der Waals surface area contributed by atoms with Gasteiger partial charge in [0.05, 0.1) is 16.0 Å². The molecule has 2 heterocycles. The van der Waals surface area contributed by atoms with Crippen LogP contribution in [0.2, 0.25) is 0 Å². The number of hydrogen-bond acceptors (Lipinski definition) is 3. The maximum atomic E-state index is 14.2. The van der Waals surface area contributed by atoms with Crippen molar-refractivity contribution in [2.24, 2.45) is 0 Å². The van der Waals surface area contributed by atoms with Gasteiger partial charge in [-0.05, 0) is 65.4 Å². The summed E-state index contributed by atoms with van der Waals surface area (Å²) in [5, 5.41) is 12.9. The van der Waals surface area contributed by atoms with Gasteiger partial charge in [0, 0.05) is 16.3 Å². The largest absolute Gasteiger partial charge is 0.417 e. The van der Waals surface area contributed by atoms with Gasteiger partial charge in [0.1, 0.15) is 11.4 Å². The Labute approximate surface area is 199 Å². The van der Waals surface area contributed by atoms with Crippen molar-refractivity contribution in [3.63, 3.8) is 0 Å². The van der Waals surface area contributed by atoms with E-state index < -0.39 is 29.0 Å². The lowest BCUT2D eigenvalue weighted by Crippen LogP contribution is -2.16. The summed E-state index contributed by atoms with van der Waals surface area (Å²) in [6.07, 6.45) is -9.97. The fourth-order valence-electron chi connectivity index (χ4n) is 4.36. The van der Waals surface area contributed by atoms with Gasteiger partial charge in [0.15, 0.2) is 0 Å². The quantitative estimate of drug-likeness (QED) is 0.178. The van der Waals surface area contributed by atoms with Crippen LogP contribution in [-0.4, -0.2) is 10.2 Å². The molecule has 2 aromatic heterocycles. The number of fused-ring (bicyclic) bond motifs is 2. The second-order valence-electron chi connectivity index (χ2n) is 8.21. The van der Waals surface area contributed by atoms with Crippen LogP contribution in [0.1, 0.15) is 22.3 Å². The van der Waals surface area contributed by atoms with Gasteiger partial charge in [-0.3, -0.25) is 0 Å². The van der Waals surface area contributed by atoms with Gasteiger partial charge in [-0.25, -0.2) is 0 Å². The number of alkyl halides is 6. The first-order chi connectivity index (χ1) is 16.5. The molecular weight excluding hydrogens is 486 g/mol. The van der Waals surface area contributed by atoms with E-state index in [1.807, 2.05) is 41.8 Å². The number of halogens is 6. The molecule has 35 heavy (non-hydrogen) atoms. The van der Waals surface area contributed by atoms with Crippen LogP contribution >= 0.6 is 11.3 Å². The maximum Gasteiger partial charge on any atom is 0.417 e. The lowest BCUT2D eigenvalue weighted by Gasteiger charge is -2.22. The highest BCUT2D eigenvalue weighted by Crippen LogP contribution is 2.46. The standard InChI is InChI=1S/C26H16F6N2S/c1-13-14(2)22(20(26(30,31)32)12-19(13)25(27,28)29)24-18-11-16-7-4-3-6-15(16)10-17(18)23(33-34-24)21-8-5-9-35-21/h3-12H,1-2H3. The number of hydrogen-bond donors (Lipinski definition) is 0. The molecule has 0 N–H and O–H groups in total. The summed E-state index contributed by atoms with van der Waals surface area (Å²) in [6, 6.07) is 14.7. The summed E-state index contributed by atoms with van der Waals surface area (Å²) in [7, 11) is 0. The van der Waals surface area contributed by atoms with Gasteiger partial charge >= 0.3 is 12.4 Å². The molecule has 0 amide bonds. The van der Waals surface area contributed by atoms with Gasteiger partial charge in [0.25, 0.3) is 0 Å². The maximum absolute atomic E-state index is 14.2. The third kappa shape index (κ3) is 3.93. The molecular formula is C26H16F6N2S. The summed E-state index contributed by atoms with van der Waals surface area (Å²) < 4.78 is 83.2. The van der Waals surface area contributed by atoms with E-state index in [4.69, 9.17) is 0 Å². The summed E-state index contributed by atoms with van der Waals surface area (Å²) in [5.74, 6) is 0. The smallest absolute Gasteiger partial charge is 0.166 e. The van der Waals surface area contributed by atoms with E-state index in [-0.39, 0.29) is 22.9 Å². The van der Waals surface area contributed by atoms with E-state index in [1.54, 1.807) is 12.1 Å². The molecule has 0 radical (unpaired) electrons. The van der Waals surface area contributed by atoms with Crippen molar-refractivity contribution >= 4 is 32.9 Å². The zero-order chi connectivity index (χ0) is 25.1. The molecule has 2 nitrogen and oxygen atoms in total. The van der Waals surface area contributed by atoms with E-state index in [9.17, 15) is 26.3 Å². The average Bonchev–Trinajstić information content (AvgIpc) is 3.32. The Bertz CT molecular complexity index is 1580.